The number of aryl methyl sites for hydroxylation is 1. The molecule has 0 saturated carbocycles. The van der Waals surface area contributed by atoms with Crippen molar-refractivity contribution in [1.29, 1.82) is 0 Å². The Morgan fingerprint density at radius 2 is 1.88 bits per heavy atom. The number of amides is 2. The molecular formula is C25H24BrCl2N3O3. The lowest BCUT2D eigenvalue weighted by Gasteiger charge is -2.19. The fourth-order valence-corrected chi connectivity index (χ4v) is 4.42. The van der Waals surface area contributed by atoms with Crippen molar-refractivity contribution in [2.75, 3.05) is 0 Å². The maximum Gasteiger partial charge on any atom is 0.262 e. The normalized spacial score (nSPS) is 12.2. The zero-order chi connectivity index (χ0) is 24.8. The lowest BCUT2D eigenvalue weighted by atomic mass is 10.0. The Balaban J connectivity index is 1.66. The molecule has 6 nitrogen and oxygen atoms in total. The van der Waals surface area contributed by atoms with Gasteiger partial charge in [0.15, 0.2) is 0 Å². The quantitative estimate of drug-likeness (QED) is 0.238. The van der Waals surface area contributed by atoms with Crippen molar-refractivity contribution in [2.45, 2.75) is 33.2 Å². The highest BCUT2D eigenvalue weighted by molar-refractivity contribution is 9.10. The van der Waals surface area contributed by atoms with E-state index in [-0.39, 0.29) is 16.5 Å². The van der Waals surface area contributed by atoms with Crippen LogP contribution in [0.2, 0.25) is 10.0 Å². The highest BCUT2D eigenvalue weighted by Crippen LogP contribution is 2.30. The Labute approximate surface area is 216 Å². The SMILES string of the molecule is Cc1ccc(-c2ccc(/C=N/NC(=O)[C@H](CC(C)C)NC(=O)c3ccc(Cl)cc3Cl)o2)c(Br)c1. The third kappa shape index (κ3) is 6.95. The molecule has 0 spiro atoms. The van der Waals surface area contributed by atoms with Gasteiger partial charge in [0.2, 0.25) is 0 Å². The van der Waals surface area contributed by atoms with Crippen molar-refractivity contribution in [3.8, 4) is 11.3 Å². The van der Waals surface area contributed by atoms with Crippen LogP contribution in [-0.2, 0) is 4.79 Å². The Morgan fingerprint density at radius 1 is 1.12 bits per heavy atom. The average molecular weight is 565 g/mol. The van der Waals surface area contributed by atoms with Gasteiger partial charge in [-0.05, 0) is 67.3 Å². The molecule has 1 aromatic heterocycles. The number of halogens is 3. The van der Waals surface area contributed by atoms with Gasteiger partial charge in [-0.3, -0.25) is 9.59 Å². The van der Waals surface area contributed by atoms with Gasteiger partial charge in [0.05, 0.1) is 16.8 Å². The number of carbonyl (C=O) groups is 2. The lowest BCUT2D eigenvalue weighted by molar-refractivity contribution is -0.123. The summed E-state index contributed by atoms with van der Waals surface area (Å²) < 4.78 is 6.74. The van der Waals surface area contributed by atoms with Gasteiger partial charge in [0, 0.05) is 15.1 Å². The van der Waals surface area contributed by atoms with Crippen LogP contribution in [0.5, 0.6) is 0 Å². The van der Waals surface area contributed by atoms with Crippen LogP contribution in [0.15, 0.2) is 62.5 Å². The highest BCUT2D eigenvalue weighted by atomic mass is 79.9. The van der Waals surface area contributed by atoms with Crippen LogP contribution in [-0.4, -0.2) is 24.1 Å². The Bertz CT molecular complexity index is 1220. The average Bonchev–Trinajstić information content (AvgIpc) is 3.21. The predicted octanol–water partition coefficient (Wildman–Crippen LogP) is 6.62. The molecule has 0 bridgehead atoms. The van der Waals surface area contributed by atoms with E-state index in [1.165, 1.54) is 18.3 Å². The Morgan fingerprint density at radius 3 is 2.56 bits per heavy atom. The molecule has 2 amide bonds. The van der Waals surface area contributed by atoms with Crippen molar-refractivity contribution in [3.63, 3.8) is 0 Å². The minimum absolute atomic E-state index is 0.154. The minimum atomic E-state index is -0.799. The van der Waals surface area contributed by atoms with Gasteiger partial charge in [0.25, 0.3) is 11.8 Å². The van der Waals surface area contributed by atoms with Crippen LogP contribution in [0.4, 0.5) is 0 Å². The van der Waals surface area contributed by atoms with Crippen LogP contribution in [0.1, 0.15) is 41.9 Å². The Hall–Kier alpha value is -2.61. The molecule has 34 heavy (non-hydrogen) atoms. The van der Waals surface area contributed by atoms with E-state index in [1.54, 1.807) is 12.1 Å². The number of furan rings is 1. The fourth-order valence-electron chi connectivity index (χ4n) is 3.24. The van der Waals surface area contributed by atoms with Crippen molar-refractivity contribution < 1.29 is 14.0 Å². The number of benzene rings is 2. The second-order valence-electron chi connectivity index (χ2n) is 8.20. The smallest absolute Gasteiger partial charge is 0.262 e. The third-order valence-electron chi connectivity index (χ3n) is 4.89. The molecule has 9 heteroatoms. The summed E-state index contributed by atoms with van der Waals surface area (Å²) in [5.41, 5.74) is 4.76. The maximum atomic E-state index is 12.7. The summed E-state index contributed by atoms with van der Waals surface area (Å²) >= 11 is 15.6. The number of hydrogen-bond donors (Lipinski definition) is 2. The summed E-state index contributed by atoms with van der Waals surface area (Å²) in [4.78, 5) is 25.4. The molecule has 3 aromatic rings. The number of hydrogen-bond acceptors (Lipinski definition) is 4. The number of carbonyl (C=O) groups excluding carboxylic acids is 2. The van der Waals surface area contributed by atoms with E-state index < -0.39 is 17.9 Å². The van der Waals surface area contributed by atoms with Crippen molar-refractivity contribution in [3.05, 3.63) is 79.9 Å². The summed E-state index contributed by atoms with van der Waals surface area (Å²) in [5.74, 6) is 0.383. The number of nitrogens with zero attached hydrogens (tertiary/aromatic N) is 1. The Kier molecular flexibility index (Phi) is 8.94. The van der Waals surface area contributed by atoms with Crippen LogP contribution in [0, 0.1) is 12.8 Å². The summed E-state index contributed by atoms with van der Waals surface area (Å²) in [6, 6.07) is 13.3. The van der Waals surface area contributed by atoms with Crippen LogP contribution in [0.3, 0.4) is 0 Å². The van der Waals surface area contributed by atoms with E-state index in [0.29, 0.717) is 23.0 Å². The van der Waals surface area contributed by atoms with E-state index in [9.17, 15) is 9.59 Å². The topological polar surface area (TPSA) is 83.7 Å². The predicted molar refractivity (Wildman–Crippen MR) is 139 cm³/mol. The summed E-state index contributed by atoms with van der Waals surface area (Å²) in [7, 11) is 0. The van der Waals surface area contributed by atoms with Gasteiger partial charge >= 0.3 is 0 Å². The molecule has 178 valence electrons. The van der Waals surface area contributed by atoms with E-state index in [2.05, 4.69) is 31.8 Å². The molecule has 0 aliphatic rings. The van der Waals surface area contributed by atoms with Crippen molar-refractivity contribution >= 4 is 57.2 Å². The third-order valence-corrected chi connectivity index (χ3v) is 6.09. The van der Waals surface area contributed by atoms with Gasteiger partial charge in [-0.15, -0.1) is 0 Å². The van der Waals surface area contributed by atoms with Crippen molar-refractivity contribution in [2.24, 2.45) is 11.0 Å². The molecule has 2 N–H and O–H groups in total. The maximum absolute atomic E-state index is 12.7. The number of nitrogens with one attached hydrogen (secondary N) is 2. The first-order valence-electron chi connectivity index (χ1n) is 10.6. The van der Waals surface area contributed by atoms with E-state index >= 15 is 0 Å². The zero-order valence-corrected chi connectivity index (χ0v) is 22.0. The van der Waals surface area contributed by atoms with Gasteiger partial charge in [-0.1, -0.05) is 59.0 Å². The summed E-state index contributed by atoms with van der Waals surface area (Å²) in [6.45, 7) is 5.92. The first kappa shape index (κ1) is 26.0. The van der Waals surface area contributed by atoms with Crippen LogP contribution >= 0.6 is 39.1 Å². The molecule has 0 unspecified atom stereocenters. The molecule has 0 radical (unpaired) electrons. The number of hydrazone groups is 1. The largest absolute Gasteiger partial charge is 0.455 e. The summed E-state index contributed by atoms with van der Waals surface area (Å²) in [5, 5.41) is 7.35. The minimum Gasteiger partial charge on any atom is -0.455 e. The zero-order valence-electron chi connectivity index (χ0n) is 18.9. The number of rotatable bonds is 8. The second-order valence-corrected chi connectivity index (χ2v) is 9.90. The van der Waals surface area contributed by atoms with E-state index in [1.807, 2.05) is 45.0 Å². The monoisotopic (exact) mass is 563 g/mol. The van der Waals surface area contributed by atoms with E-state index in [4.69, 9.17) is 27.6 Å². The highest BCUT2D eigenvalue weighted by Gasteiger charge is 2.23. The molecule has 0 aliphatic carbocycles. The first-order valence-corrected chi connectivity index (χ1v) is 12.1. The fraction of sp³-hybridized carbons (Fsp3) is 0.240. The van der Waals surface area contributed by atoms with Crippen molar-refractivity contribution in [1.82, 2.24) is 10.7 Å². The molecule has 1 heterocycles. The standard InChI is InChI=1S/C25H24BrCl2N3O3/c1-14(2)10-22(30-24(32)19-8-5-16(27)12-21(19)28)25(33)31-29-13-17-6-9-23(34-17)18-7-4-15(3)11-20(18)26/h4-9,11-14,22H,10H2,1-3H3,(H,30,32)(H,31,33)/b29-13+/t22-/m0/s1. The van der Waals surface area contributed by atoms with Gasteiger partial charge in [-0.25, -0.2) is 5.43 Å². The molecule has 2 aromatic carbocycles. The van der Waals surface area contributed by atoms with Gasteiger partial charge < -0.3 is 9.73 Å². The van der Waals surface area contributed by atoms with Crippen LogP contribution in [0.25, 0.3) is 11.3 Å². The van der Waals surface area contributed by atoms with E-state index in [0.717, 1.165) is 15.6 Å². The lowest BCUT2D eigenvalue weighted by Crippen LogP contribution is -2.46. The van der Waals surface area contributed by atoms with Gasteiger partial charge in [0.1, 0.15) is 17.6 Å². The summed E-state index contributed by atoms with van der Waals surface area (Å²) in [6.07, 6.45) is 1.83. The molecule has 1 atom stereocenters. The van der Waals surface area contributed by atoms with Gasteiger partial charge in [-0.2, -0.15) is 5.10 Å². The molecular weight excluding hydrogens is 541 g/mol. The molecule has 0 fully saturated rings. The molecule has 3 rings (SSSR count). The molecule has 0 aliphatic heterocycles. The van der Waals surface area contributed by atoms with Crippen LogP contribution < -0.4 is 10.7 Å². The molecule has 0 saturated heterocycles. The first-order chi connectivity index (χ1) is 16.1. The second kappa shape index (κ2) is 11.7.